The van der Waals surface area contributed by atoms with Crippen LogP contribution in [0.1, 0.15) is 43.1 Å². The number of aliphatic hydroxyl groups is 2. The lowest BCUT2D eigenvalue weighted by Crippen LogP contribution is -2.52. The fraction of sp³-hybridized carbons (Fsp3) is 0.517. The molecule has 0 saturated heterocycles. The molecule has 2 amide bonds. The summed E-state index contributed by atoms with van der Waals surface area (Å²) in [5.74, 6) is -0.275. The van der Waals surface area contributed by atoms with Crippen LogP contribution in [-0.4, -0.2) is 72.0 Å². The molecule has 9 nitrogen and oxygen atoms in total. The highest BCUT2D eigenvalue weighted by Crippen LogP contribution is 2.47. The SMILES string of the molecule is CO[C@H]1c2cc(NC(=O)[C@H](C)O)ccc2O[C@@H](C(CC(=O)N2Cc3ccccc3C[C@H]2CO)[Si](C)(C)O)[C@@H]1C. The molecule has 6 atom stereocenters. The van der Waals surface area contributed by atoms with Crippen LogP contribution < -0.4 is 10.1 Å². The van der Waals surface area contributed by atoms with Gasteiger partial charge < -0.3 is 34.7 Å². The highest BCUT2D eigenvalue weighted by atomic mass is 28.4. The number of benzene rings is 2. The van der Waals surface area contributed by atoms with Crippen molar-refractivity contribution >= 4 is 25.8 Å². The van der Waals surface area contributed by atoms with Crippen LogP contribution in [-0.2, 0) is 27.3 Å². The lowest BCUT2D eigenvalue weighted by molar-refractivity contribution is -0.136. The first-order valence-corrected chi connectivity index (χ1v) is 16.5. The fourth-order valence-corrected chi connectivity index (χ4v) is 7.67. The summed E-state index contributed by atoms with van der Waals surface area (Å²) in [6.45, 7) is 7.31. The number of rotatable bonds is 8. The number of nitrogens with one attached hydrogen (secondary N) is 1. The molecule has 0 fully saturated rings. The van der Waals surface area contributed by atoms with Crippen molar-refractivity contribution in [2.24, 2.45) is 5.92 Å². The fourth-order valence-electron chi connectivity index (χ4n) is 5.82. The van der Waals surface area contributed by atoms with E-state index in [0.717, 1.165) is 16.7 Å². The number of aliphatic hydroxyl groups excluding tert-OH is 2. The second-order valence-corrected chi connectivity index (χ2v) is 15.4. The minimum absolute atomic E-state index is 0.0949. The first-order chi connectivity index (χ1) is 18.4. The van der Waals surface area contributed by atoms with Gasteiger partial charge in [-0.25, -0.2) is 0 Å². The van der Waals surface area contributed by atoms with E-state index in [-0.39, 0.29) is 30.9 Å². The van der Waals surface area contributed by atoms with Crippen molar-refractivity contribution < 1.29 is 34.1 Å². The minimum atomic E-state index is -2.93. The van der Waals surface area contributed by atoms with E-state index in [1.54, 1.807) is 30.2 Å². The molecule has 2 aromatic carbocycles. The topological polar surface area (TPSA) is 129 Å². The van der Waals surface area contributed by atoms with Gasteiger partial charge in [0, 0.05) is 42.8 Å². The van der Waals surface area contributed by atoms with Gasteiger partial charge in [0.1, 0.15) is 18.0 Å². The first-order valence-electron chi connectivity index (χ1n) is 13.5. The van der Waals surface area contributed by atoms with E-state index in [1.807, 2.05) is 44.3 Å². The molecule has 0 aromatic heterocycles. The summed E-state index contributed by atoms with van der Waals surface area (Å²) in [7, 11) is -1.33. The molecule has 0 saturated carbocycles. The molecule has 0 aliphatic carbocycles. The van der Waals surface area contributed by atoms with E-state index in [0.29, 0.717) is 24.4 Å². The predicted molar refractivity (Wildman–Crippen MR) is 150 cm³/mol. The smallest absolute Gasteiger partial charge is 0.252 e. The average Bonchev–Trinajstić information content (AvgIpc) is 2.90. The number of carbonyl (C=O) groups excluding carboxylic acids is 2. The first kappa shape index (κ1) is 29.2. The van der Waals surface area contributed by atoms with Crippen LogP contribution in [0, 0.1) is 5.92 Å². The number of hydrogen-bond acceptors (Lipinski definition) is 7. The molecule has 0 radical (unpaired) electrons. The van der Waals surface area contributed by atoms with Gasteiger partial charge in [0.25, 0.3) is 5.91 Å². The normalized spacial score (nSPS) is 24.2. The Morgan fingerprint density at radius 3 is 2.51 bits per heavy atom. The molecular weight excluding hydrogens is 516 g/mol. The van der Waals surface area contributed by atoms with Crippen molar-refractivity contribution in [3.05, 3.63) is 59.2 Å². The number of amides is 2. The Bertz CT molecular complexity index is 1200. The maximum absolute atomic E-state index is 13.8. The van der Waals surface area contributed by atoms with Crippen molar-refractivity contribution in [2.45, 2.75) is 76.2 Å². The molecule has 10 heteroatoms. The standard InChI is InChI=1S/C29H40N2O7Si/c1-17-27(37-3)23-13-21(30-29(35)18(2)33)10-11-24(23)38-28(17)25(39(4,5)36)14-26(34)31-15-20-9-7-6-8-19(20)12-22(31)16-32/h6-11,13,17-18,22,25,27-28,32-33,36H,12,14-16H2,1-5H3,(H,30,35)/t17-,18+,22+,25?,27-,28-/m1/s1. The molecule has 0 spiro atoms. The van der Waals surface area contributed by atoms with Crippen LogP contribution in [0.3, 0.4) is 0 Å². The molecule has 39 heavy (non-hydrogen) atoms. The quantitative estimate of drug-likeness (QED) is 0.368. The Morgan fingerprint density at radius 2 is 1.90 bits per heavy atom. The summed E-state index contributed by atoms with van der Waals surface area (Å²) in [4.78, 5) is 38.9. The molecule has 2 aliphatic rings. The Balaban J connectivity index is 1.60. The summed E-state index contributed by atoms with van der Waals surface area (Å²) >= 11 is 0. The summed E-state index contributed by atoms with van der Waals surface area (Å²) in [5, 5.41) is 22.3. The average molecular weight is 557 g/mol. The van der Waals surface area contributed by atoms with Gasteiger partial charge in [-0.05, 0) is 55.8 Å². The number of methoxy groups -OCH3 is 1. The van der Waals surface area contributed by atoms with Gasteiger partial charge in [0.05, 0.1) is 18.8 Å². The van der Waals surface area contributed by atoms with E-state index in [4.69, 9.17) is 9.47 Å². The van der Waals surface area contributed by atoms with Gasteiger partial charge in [0.15, 0.2) is 8.32 Å². The van der Waals surface area contributed by atoms with Crippen LogP contribution in [0.5, 0.6) is 5.75 Å². The maximum atomic E-state index is 13.8. The number of fused-ring (bicyclic) bond motifs is 2. The van der Waals surface area contributed by atoms with Crippen LogP contribution >= 0.6 is 0 Å². The lowest BCUT2D eigenvalue weighted by Gasteiger charge is -2.44. The van der Waals surface area contributed by atoms with E-state index in [9.17, 15) is 24.6 Å². The Kier molecular flexibility index (Phi) is 8.82. The zero-order chi connectivity index (χ0) is 28.5. The number of carbonyl (C=O) groups is 2. The van der Waals surface area contributed by atoms with Crippen LogP contribution in [0.2, 0.25) is 18.6 Å². The van der Waals surface area contributed by atoms with Gasteiger partial charge in [-0.1, -0.05) is 31.2 Å². The summed E-state index contributed by atoms with van der Waals surface area (Å²) in [6.07, 6.45) is -1.35. The molecule has 1 unspecified atom stereocenters. The molecule has 4 rings (SSSR count). The monoisotopic (exact) mass is 556 g/mol. The zero-order valence-electron chi connectivity index (χ0n) is 23.3. The maximum Gasteiger partial charge on any atom is 0.252 e. The summed E-state index contributed by atoms with van der Waals surface area (Å²) < 4.78 is 12.4. The highest BCUT2D eigenvalue weighted by Gasteiger charge is 2.48. The van der Waals surface area contributed by atoms with Crippen molar-refractivity contribution in [3.63, 3.8) is 0 Å². The van der Waals surface area contributed by atoms with Gasteiger partial charge >= 0.3 is 0 Å². The zero-order valence-corrected chi connectivity index (χ0v) is 24.3. The molecule has 4 N–H and O–H groups in total. The van der Waals surface area contributed by atoms with Crippen molar-refractivity contribution in [3.8, 4) is 5.75 Å². The van der Waals surface area contributed by atoms with E-state index in [2.05, 4.69) is 5.32 Å². The second-order valence-electron chi connectivity index (χ2n) is 11.3. The third-order valence-electron chi connectivity index (χ3n) is 8.06. The van der Waals surface area contributed by atoms with Crippen LogP contribution in [0.15, 0.2) is 42.5 Å². The Hall–Kier alpha value is -2.76. The van der Waals surface area contributed by atoms with Gasteiger partial charge in [-0.3, -0.25) is 9.59 Å². The minimum Gasteiger partial charge on any atom is -0.490 e. The third-order valence-corrected chi connectivity index (χ3v) is 10.4. The van der Waals surface area contributed by atoms with Crippen molar-refractivity contribution in [2.75, 3.05) is 19.0 Å². The van der Waals surface area contributed by atoms with Crippen molar-refractivity contribution in [1.82, 2.24) is 4.90 Å². The molecular formula is C29H40N2O7Si. The largest absolute Gasteiger partial charge is 0.490 e. The second kappa shape index (κ2) is 11.8. The number of ether oxygens (including phenoxy) is 2. The number of hydrogen-bond donors (Lipinski definition) is 4. The molecule has 2 heterocycles. The Morgan fingerprint density at radius 1 is 1.21 bits per heavy atom. The third kappa shape index (κ3) is 6.20. The lowest BCUT2D eigenvalue weighted by atomic mass is 9.86. The van der Waals surface area contributed by atoms with E-state index < -0.39 is 38.1 Å². The number of nitrogens with zero attached hydrogens (tertiary/aromatic N) is 1. The van der Waals surface area contributed by atoms with Crippen LogP contribution in [0.25, 0.3) is 0 Å². The van der Waals surface area contributed by atoms with Crippen LogP contribution in [0.4, 0.5) is 5.69 Å². The summed E-state index contributed by atoms with van der Waals surface area (Å²) in [5.41, 5.74) is 3.04. The van der Waals surface area contributed by atoms with E-state index in [1.165, 1.54) is 6.92 Å². The van der Waals surface area contributed by atoms with Crippen molar-refractivity contribution in [1.29, 1.82) is 0 Å². The summed E-state index contributed by atoms with van der Waals surface area (Å²) in [6, 6.07) is 12.9. The molecule has 0 bridgehead atoms. The van der Waals surface area contributed by atoms with Gasteiger partial charge in [0.2, 0.25) is 5.91 Å². The molecule has 212 valence electrons. The van der Waals surface area contributed by atoms with E-state index >= 15 is 0 Å². The molecule has 2 aliphatic heterocycles. The number of anilines is 1. The Labute approximate surface area is 230 Å². The molecule has 2 aromatic rings. The predicted octanol–water partition coefficient (Wildman–Crippen LogP) is 2.99. The highest BCUT2D eigenvalue weighted by molar-refractivity contribution is 6.71. The van der Waals surface area contributed by atoms with Gasteiger partial charge in [-0.2, -0.15) is 0 Å². The van der Waals surface area contributed by atoms with Gasteiger partial charge in [-0.15, -0.1) is 0 Å².